The summed E-state index contributed by atoms with van der Waals surface area (Å²) < 4.78 is 5.66. The van der Waals surface area contributed by atoms with Crippen LogP contribution in [0.25, 0.3) is 0 Å². The highest BCUT2D eigenvalue weighted by molar-refractivity contribution is 4.89. The third kappa shape index (κ3) is 3.97. The van der Waals surface area contributed by atoms with E-state index in [9.17, 15) is 0 Å². The largest absolute Gasteiger partial charge is 0.377 e. The van der Waals surface area contributed by atoms with Crippen LogP contribution >= 0.6 is 0 Å². The van der Waals surface area contributed by atoms with E-state index < -0.39 is 0 Å². The first-order valence-electron chi connectivity index (χ1n) is 5.87. The minimum Gasteiger partial charge on any atom is -0.377 e. The van der Waals surface area contributed by atoms with Crippen LogP contribution in [0.15, 0.2) is 0 Å². The van der Waals surface area contributed by atoms with Crippen molar-refractivity contribution < 1.29 is 4.74 Å². The van der Waals surface area contributed by atoms with E-state index in [1.807, 2.05) is 13.8 Å². The fourth-order valence-corrected chi connectivity index (χ4v) is 1.69. The van der Waals surface area contributed by atoms with Gasteiger partial charge in [0.25, 0.3) is 0 Å². The van der Waals surface area contributed by atoms with Gasteiger partial charge in [0.2, 0.25) is 0 Å². The summed E-state index contributed by atoms with van der Waals surface area (Å²) in [6, 6.07) is 0. The Hall–Kier alpha value is -0.0800. The molecular weight excluding hydrogens is 174 g/mol. The van der Waals surface area contributed by atoms with Crippen LogP contribution < -0.4 is 0 Å². The fourth-order valence-electron chi connectivity index (χ4n) is 1.69. The van der Waals surface area contributed by atoms with Crippen LogP contribution in [-0.2, 0) is 4.74 Å². The second kappa shape index (κ2) is 6.41. The summed E-state index contributed by atoms with van der Waals surface area (Å²) >= 11 is 0. The summed E-state index contributed by atoms with van der Waals surface area (Å²) in [5.74, 6) is 0. The van der Waals surface area contributed by atoms with E-state index in [2.05, 4.69) is 32.7 Å². The molecule has 1 saturated heterocycles. The summed E-state index contributed by atoms with van der Waals surface area (Å²) in [7, 11) is 2.19. The maximum Gasteiger partial charge on any atom is 0.0651 e. The van der Waals surface area contributed by atoms with Gasteiger partial charge in [-0.2, -0.15) is 0 Å². The minimum absolute atomic E-state index is 0.296. The average molecular weight is 201 g/mol. The predicted octanol–water partition coefficient (Wildman–Crippen LogP) is 2.92. The number of ether oxygens (including phenoxy) is 1. The zero-order valence-corrected chi connectivity index (χ0v) is 10.8. The van der Waals surface area contributed by atoms with Crippen molar-refractivity contribution >= 4 is 0 Å². The van der Waals surface area contributed by atoms with Gasteiger partial charge in [0, 0.05) is 5.54 Å². The van der Waals surface area contributed by atoms with Crippen molar-refractivity contribution in [2.24, 2.45) is 0 Å². The lowest BCUT2D eigenvalue weighted by Crippen LogP contribution is -2.43. The number of nitrogens with zero attached hydrogens (tertiary/aromatic N) is 1. The molecule has 2 heteroatoms. The second-order valence-electron chi connectivity index (χ2n) is 4.38. The number of hydrogen-bond acceptors (Lipinski definition) is 2. The van der Waals surface area contributed by atoms with Crippen LogP contribution in [0.2, 0.25) is 0 Å². The Morgan fingerprint density at radius 2 is 1.93 bits per heavy atom. The molecule has 1 rings (SSSR count). The first kappa shape index (κ1) is 13.9. The van der Waals surface area contributed by atoms with Gasteiger partial charge in [-0.05, 0) is 47.2 Å². The molecule has 2 nitrogen and oxygen atoms in total. The molecule has 0 amide bonds. The highest BCUT2D eigenvalue weighted by atomic mass is 16.5. The van der Waals surface area contributed by atoms with E-state index in [4.69, 9.17) is 4.74 Å². The molecule has 0 aromatic rings. The molecule has 0 bridgehead atoms. The van der Waals surface area contributed by atoms with E-state index in [1.54, 1.807) is 0 Å². The van der Waals surface area contributed by atoms with Crippen molar-refractivity contribution in [2.75, 3.05) is 20.2 Å². The van der Waals surface area contributed by atoms with Crippen molar-refractivity contribution in [2.45, 2.75) is 59.1 Å². The van der Waals surface area contributed by atoms with Gasteiger partial charge in [-0.15, -0.1) is 0 Å². The standard InChI is InChI=1S/C10H21NO.C2H6/c1-9(2)12-8-10(3)6-5-7-11(10)4;1-2/h9H,5-8H2,1-4H3;1-2H3/t10-;/m0./s1. The fraction of sp³-hybridized carbons (Fsp3) is 1.00. The third-order valence-corrected chi connectivity index (χ3v) is 2.86. The second-order valence-corrected chi connectivity index (χ2v) is 4.38. The first-order chi connectivity index (χ1) is 6.54. The molecule has 0 saturated carbocycles. The van der Waals surface area contributed by atoms with Crippen LogP contribution in [0.3, 0.4) is 0 Å². The van der Waals surface area contributed by atoms with Crippen molar-refractivity contribution in [3.05, 3.63) is 0 Å². The smallest absolute Gasteiger partial charge is 0.0651 e. The average Bonchev–Trinajstić information content (AvgIpc) is 2.48. The summed E-state index contributed by atoms with van der Waals surface area (Å²) in [5, 5.41) is 0. The van der Waals surface area contributed by atoms with Gasteiger partial charge in [-0.25, -0.2) is 0 Å². The summed E-state index contributed by atoms with van der Waals surface area (Å²) in [5.41, 5.74) is 0.296. The molecule has 0 spiro atoms. The Balaban J connectivity index is 0.000000791. The van der Waals surface area contributed by atoms with E-state index in [1.165, 1.54) is 19.4 Å². The Morgan fingerprint density at radius 3 is 2.29 bits per heavy atom. The van der Waals surface area contributed by atoms with Gasteiger partial charge < -0.3 is 4.74 Å². The highest BCUT2D eigenvalue weighted by Crippen LogP contribution is 2.27. The summed E-state index contributed by atoms with van der Waals surface area (Å²) in [4.78, 5) is 2.41. The molecule has 1 aliphatic rings. The molecule has 0 radical (unpaired) electrons. The number of hydrogen-bond donors (Lipinski definition) is 0. The molecular formula is C12H27NO. The van der Waals surface area contributed by atoms with Crippen LogP contribution in [0, 0.1) is 0 Å². The predicted molar refractivity (Wildman–Crippen MR) is 62.7 cm³/mol. The minimum atomic E-state index is 0.296. The number of rotatable bonds is 3. The molecule has 0 aliphatic carbocycles. The topological polar surface area (TPSA) is 12.5 Å². The van der Waals surface area contributed by atoms with E-state index in [0.29, 0.717) is 11.6 Å². The Bertz CT molecular complexity index is 147. The van der Waals surface area contributed by atoms with Gasteiger partial charge in [0.1, 0.15) is 0 Å². The highest BCUT2D eigenvalue weighted by Gasteiger charge is 2.34. The van der Waals surface area contributed by atoms with E-state index >= 15 is 0 Å². The van der Waals surface area contributed by atoms with Crippen molar-refractivity contribution in [1.82, 2.24) is 4.90 Å². The SMILES string of the molecule is CC.CC(C)OC[C@]1(C)CCCN1C. The molecule has 1 atom stereocenters. The quantitative estimate of drug-likeness (QED) is 0.696. The molecule has 1 heterocycles. The molecule has 0 unspecified atom stereocenters. The van der Waals surface area contributed by atoms with Gasteiger partial charge in [-0.3, -0.25) is 4.90 Å². The zero-order valence-electron chi connectivity index (χ0n) is 10.8. The van der Waals surface area contributed by atoms with Gasteiger partial charge in [0.05, 0.1) is 12.7 Å². The lowest BCUT2D eigenvalue weighted by molar-refractivity contribution is 0.00360. The lowest BCUT2D eigenvalue weighted by atomic mass is 10.0. The molecule has 1 fully saturated rings. The normalized spacial score (nSPS) is 27.6. The summed E-state index contributed by atoms with van der Waals surface area (Å²) in [6.07, 6.45) is 2.95. The summed E-state index contributed by atoms with van der Waals surface area (Å²) in [6.45, 7) is 12.6. The van der Waals surface area contributed by atoms with Crippen LogP contribution in [-0.4, -0.2) is 36.7 Å². The molecule has 86 valence electrons. The Labute approximate surface area is 89.6 Å². The molecule has 1 aliphatic heterocycles. The third-order valence-electron chi connectivity index (χ3n) is 2.86. The lowest BCUT2D eigenvalue weighted by Gasteiger charge is -2.32. The first-order valence-corrected chi connectivity index (χ1v) is 5.87. The monoisotopic (exact) mass is 201 g/mol. The van der Waals surface area contributed by atoms with E-state index in [-0.39, 0.29) is 0 Å². The van der Waals surface area contributed by atoms with Crippen molar-refractivity contribution in [3.63, 3.8) is 0 Å². The van der Waals surface area contributed by atoms with Crippen LogP contribution in [0.5, 0.6) is 0 Å². The van der Waals surface area contributed by atoms with Crippen molar-refractivity contribution in [1.29, 1.82) is 0 Å². The van der Waals surface area contributed by atoms with Gasteiger partial charge in [-0.1, -0.05) is 13.8 Å². The maximum absolute atomic E-state index is 5.66. The van der Waals surface area contributed by atoms with Crippen LogP contribution in [0.1, 0.15) is 47.5 Å². The molecule has 14 heavy (non-hydrogen) atoms. The maximum atomic E-state index is 5.66. The van der Waals surface area contributed by atoms with Gasteiger partial charge in [0.15, 0.2) is 0 Å². The Kier molecular flexibility index (Phi) is 6.38. The number of likely N-dealkylation sites (tertiary alicyclic amines) is 1. The van der Waals surface area contributed by atoms with Crippen LogP contribution in [0.4, 0.5) is 0 Å². The van der Waals surface area contributed by atoms with E-state index in [0.717, 1.165) is 6.61 Å². The zero-order chi connectivity index (χ0) is 11.2. The van der Waals surface area contributed by atoms with Gasteiger partial charge >= 0.3 is 0 Å². The molecule has 0 aromatic carbocycles. The molecule has 0 N–H and O–H groups in total. The number of likely N-dealkylation sites (N-methyl/N-ethyl adjacent to an activating group) is 1. The Morgan fingerprint density at radius 1 is 1.36 bits per heavy atom. The molecule has 0 aromatic heterocycles. The van der Waals surface area contributed by atoms with Crippen molar-refractivity contribution in [3.8, 4) is 0 Å².